The fourth-order valence-electron chi connectivity index (χ4n) is 2.49. The van der Waals surface area contributed by atoms with E-state index < -0.39 is 0 Å². The Morgan fingerprint density at radius 1 is 1.41 bits per heavy atom. The summed E-state index contributed by atoms with van der Waals surface area (Å²) >= 11 is 1.51. The second kappa shape index (κ2) is 5.93. The Morgan fingerprint density at radius 2 is 2.23 bits per heavy atom. The van der Waals surface area contributed by atoms with Crippen molar-refractivity contribution in [2.24, 2.45) is 0 Å². The van der Waals surface area contributed by atoms with Gasteiger partial charge >= 0.3 is 0 Å². The summed E-state index contributed by atoms with van der Waals surface area (Å²) in [5.41, 5.74) is 3.34. The molecule has 0 saturated carbocycles. The van der Waals surface area contributed by atoms with Crippen LogP contribution in [0.3, 0.4) is 0 Å². The van der Waals surface area contributed by atoms with Gasteiger partial charge in [0.05, 0.1) is 6.61 Å². The zero-order valence-electron chi connectivity index (χ0n) is 12.9. The first kappa shape index (κ1) is 14.8. The number of imidazole rings is 1. The number of carbonyl (C=O) groups is 1. The van der Waals surface area contributed by atoms with E-state index in [2.05, 4.69) is 31.0 Å². The first-order valence-corrected chi connectivity index (χ1v) is 8.21. The zero-order valence-corrected chi connectivity index (χ0v) is 13.7. The number of thiazole rings is 1. The molecule has 4 nitrogen and oxygen atoms in total. The fourth-order valence-corrected chi connectivity index (χ4v) is 3.21. The van der Waals surface area contributed by atoms with E-state index in [-0.39, 0.29) is 0 Å². The van der Waals surface area contributed by atoms with Crippen LogP contribution in [0, 0.1) is 0 Å². The zero-order chi connectivity index (χ0) is 15.7. The SMILES string of the molecule is CCOc1ccc(C(C)C)cc1-c1nc2sccn2c1C=O. The van der Waals surface area contributed by atoms with Gasteiger partial charge in [-0.15, -0.1) is 11.3 Å². The number of rotatable bonds is 5. The Balaban J connectivity index is 2.24. The lowest BCUT2D eigenvalue weighted by Crippen LogP contribution is -1.98. The summed E-state index contributed by atoms with van der Waals surface area (Å²) in [6, 6.07) is 6.11. The molecule has 0 N–H and O–H groups in total. The molecule has 2 aromatic heterocycles. The van der Waals surface area contributed by atoms with Gasteiger partial charge in [0.2, 0.25) is 0 Å². The van der Waals surface area contributed by atoms with Crippen molar-refractivity contribution in [1.82, 2.24) is 9.38 Å². The number of benzene rings is 1. The van der Waals surface area contributed by atoms with Crippen LogP contribution in [0.5, 0.6) is 5.75 Å². The second-order valence-corrected chi connectivity index (χ2v) is 6.24. The van der Waals surface area contributed by atoms with E-state index in [0.29, 0.717) is 23.9 Å². The summed E-state index contributed by atoms with van der Waals surface area (Å²) in [6.45, 7) is 6.82. The lowest BCUT2D eigenvalue weighted by molar-refractivity contribution is 0.111. The Bertz CT molecular complexity index is 817. The summed E-state index contributed by atoms with van der Waals surface area (Å²) in [4.78, 5) is 17.0. The van der Waals surface area contributed by atoms with Crippen molar-refractivity contribution >= 4 is 22.6 Å². The lowest BCUT2D eigenvalue weighted by Gasteiger charge is -2.13. The Morgan fingerprint density at radius 3 is 2.91 bits per heavy atom. The summed E-state index contributed by atoms with van der Waals surface area (Å²) < 4.78 is 7.56. The van der Waals surface area contributed by atoms with Crippen LogP contribution < -0.4 is 4.74 Å². The molecule has 0 spiro atoms. The van der Waals surface area contributed by atoms with Gasteiger partial charge in [-0.3, -0.25) is 9.20 Å². The smallest absolute Gasteiger partial charge is 0.194 e. The number of carbonyl (C=O) groups excluding carboxylic acids is 1. The molecule has 0 saturated heterocycles. The first-order valence-electron chi connectivity index (χ1n) is 7.33. The Hall–Kier alpha value is -2.14. The molecule has 3 aromatic rings. The average molecular weight is 314 g/mol. The van der Waals surface area contributed by atoms with E-state index in [0.717, 1.165) is 22.6 Å². The van der Waals surface area contributed by atoms with E-state index in [1.165, 1.54) is 16.9 Å². The third-order valence-corrected chi connectivity index (χ3v) is 4.39. The predicted octanol–water partition coefficient (Wildman–Crippen LogP) is 4.40. The molecular formula is C17H18N2O2S. The number of aldehydes is 1. The molecule has 114 valence electrons. The van der Waals surface area contributed by atoms with Crippen molar-refractivity contribution < 1.29 is 9.53 Å². The number of aromatic nitrogens is 2. The molecule has 5 heteroatoms. The van der Waals surface area contributed by atoms with Gasteiger partial charge in [0.1, 0.15) is 17.1 Å². The van der Waals surface area contributed by atoms with Crippen LogP contribution in [-0.2, 0) is 0 Å². The highest BCUT2D eigenvalue weighted by atomic mass is 32.1. The standard InChI is InChI=1S/C17H18N2O2S/c1-4-21-15-6-5-12(11(2)3)9-13(15)16-14(10-20)19-7-8-22-17(19)18-16/h5-11H,4H2,1-3H3. The highest BCUT2D eigenvalue weighted by Crippen LogP contribution is 2.35. The van der Waals surface area contributed by atoms with Crippen LogP contribution in [0.1, 0.15) is 42.7 Å². The molecule has 0 amide bonds. The van der Waals surface area contributed by atoms with E-state index in [4.69, 9.17) is 4.74 Å². The number of nitrogens with zero attached hydrogens (tertiary/aromatic N) is 2. The second-order valence-electron chi connectivity index (χ2n) is 5.36. The lowest BCUT2D eigenvalue weighted by atomic mass is 9.98. The number of fused-ring (bicyclic) bond motifs is 1. The van der Waals surface area contributed by atoms with Gasteiger partial charge in [0.25, 0.3) is 0 Å². The van der Waals surface area contributed by atoms with Crippen molar-refractivity contribution in [2.45, 2.75) is 26.7 Å². The molecule has 22 heavy (non-hydrogen) atoms. The third kappa shape index (κ3) is 2.41. The summed E-state index contributed by atoms with van der Waals surface area (Å²) in [5.74, 6) is 1.17. The van der Waals surface area contributed by atoms with Gasteiger partial charge in [0.15, 0.2) is 11.2 Å². The van der Waals surface area contributed by atoms with Crippen LogP contribution in [0.15, 0.2) is 29.8 Å². The normalized spacial score (nSPS) is 11.3. The largest absolute Gasteiger partial charge is 0.493 e. The number of ether oxygens (including phenoxy) is 1. The Kier molecular flexibility index (Phi) is 3.98. The summed E-state index contributed by atoms with van der Waals surface area (Å²) in [6.07, 6.45) is 2.73. The molecule has 0 radical (unpaired) electrons. The maximum absolute atomic E-state index is 11.6. The van der Waals surface area contributed by atoms with E-state index in [1.54, 1.807) is 0 Å². The molecule has 0 unspecified atom stereocenters. The van der Waals surface area contributed by atoms with Gasteiger partial charge in [-0.25, -0.2) is 4.98 Å². The van der Waals surface area contributed by atoms with Crippen molar-refractivity contribution in [3.63, 3.8) is 0 Å². The molecule has 0 fully saturated rings. The topological polar surface area (TPSA) is 43.6 Å². The molecule has 2 heterocycles. The van der Waals surface area contributed by atoms with Crippen molar-refractivity contribution in [1.29, 1.82) is 0 Å². The maximum atomic E-state index is 11.6. The van der Waals surface area contributed by atoms with E-state index in [9.17, 15) is 4.79 Å². The molecular weight excluding hydrogens is 296 g/mol. The highest BCUT2D eigenvalue weighted by Gasteiger charge is 2.19. The molecule has 0 aliphatic heterocycles. The number of hydrogen-bond donors (Lipinski definition) is 0. The molecule has 0 atom stereocenters. The van der Waals surface area contributed by atoms with Gasteiger partial charge in [-0.1, -0.05) is 19.9 Å². The van der Waals surface area contributed by atoms with Gasteiger partial charge in [-0.2, -0.15) is 0 Å². The van der Waals surface area contributed by atoms with Crippen LogP contribution in [-0.4, -0.2) is 22.3 Å². The third-order valence-electron chi connectivity index (χ3n) is 3.64. The van der Waals surface area contributed by atoms with E-state index >= 15 is 0 Å². The van der Waals surface area contributed by atoms with Crippen molar-refractivity contribution in [3.8, 4) is 17.0 Å². The van der Waals surface area contributed by atoms with Crippen LogP contribution in [0.25, 0.3) is 16.2 Å². The van der Waals surface area contributed by atoms with Crippen molar-refractivity contribution in [2.75, 3.05) is 6.61 Å². The van der Waals surface area contributed by atoms with Gasteiger partial charge < -0.3 is 4.74 Å². The van der Waals surface area contributed by atoms with Crippen molar-refractivity contribution in [3.05, 3.63) is 41.0 Å². The summed E-state index contributed by atoms with van der Waals surface area (Å²) in [7, 11) is 0. The first-order chi connectivity index (χ1) is 10.7. The van der Waals surface area contributed by atoms with Gasteiger partial charge in [-0.05, 0) is 30.5 Å². The van der Waals surface area contributed by atoms with Crippen LogP contribution in [0.4, 0.5) is 0 Å². The maximum Gasteiger partial charge on any atom is 0.194 e. The fraction of sp³-hybridized carbons (Fsp3) is 0.294. The monoisotopic (exact) mass is 314 g/mol. The molecule has 0 aliphatic carbocycles. The molecule has 3 rings (SSSR count). The quantitative estimate of drug-likeness (QED) is 0.656. The molecule has 0 bridgehead atoms. The van der Waals surface area contributed by atoms with Crippen LogP contribution in [0.2, 0.25) is 0 Å². The minimum Gasteiger partial charge on any atom is -0.493 e. The Labute approximate surface area is 133 Å². The van der Waals surface area contributed by atoms with Crippen LogP contribution >= 0.6 is 11.3 Å². The predicted molar refractivity (Wildman–Crippen MR) is 89.2 cm³/mol. The minimum absolute atomic E-state index is 0.401. The highest BCUT2D eigenvalue weighted by molar-refractivity contribution is 7.15. The van der Waals surface area contributed by atoms with Gasteiger partial charge in [0, 0.05) is 17.1 Å². The molecule has 0 aliphatic rings. The molecule has 1 aromatic carbocycles. The summed E-state index contributed by atoms with van der Waals surface area (Å²) in [5, 5.41) is 1.92. The average Bonchev–Trinajstić information content (AvgIpc) is 3.07. The van der Waals surface area contributed by atoms with E-state index in [1.807, 2.05) is 29.0 Å². The number of hydrogen-bond acceptors (Lipinski definition) is 4. The minimum atomic E-state index is 0.401.